The number of hydrogen-bond donors (Lipinski definition) is 2. The van der Waals surface area contributed by atoms with Crippen molar-refractivity contribution in [3.8, 4) is 0 Å². The van der Waals surface area contributed by atoms with Gasteiger partial charge in [-0.3, -0.25) is 13.7 Å². The van der Waals surface area contributed by atoms with Gasteiger partial charge in [-0.1, -0.05) is 39.1 Å². The Bertz CT molecular complexity index is 2270. The van der Waals surface area contributed by atoms with E-state index < -0.39 is 34.5 Å². The normalized spacial score (nSPS) is 22.6. The van der Waals surface area contributed by atoms with Gasteiger partial charge in [-0.25, -0.2) is 9.97 Å². The summed E-state index contributed by atoms with van der Waals surface area (Å²) in [6, 6.07) is 0. The first-order chi connectivity index (χ1) is 31.1. The molecule has 65 heavy (non-hydrogen) atoms. The van der Waals surface area contributed by atoms with Crippen LogP contribution in [0.15, 0.2) is 12.7 Å². The maximum Gasteiger partial charge on any atom is 0.359 e. The highest BCUT2D eigenvalue weighted by atomic mass is 79.9. The van der Waals surface area contributed by atoms with E-state index in [0.717, 1.165) is 31.0 Å². The third kappa shape index (κ3) is 13.9. The van der Waals surface area contributed by atoms with Gasteiger partial charge in [0.15, 0.2) is 39.1 Å². The average Bonchev–Trinajstić information content (AvgIpc) is 4.11. The van der Waals surface area contributed by atoms with Gasteiger partial charge < -0.3 is 62.0 Å². The lowest BCUT2D eigenvalue weighted by molar-refractivity contribution is 0.0520. The minimum Gasteiger partial charge on any atom is -0.368 e. The molecule has 0 spiro atoms. The number of rotatable bonds is 20. The molecule has 7 heterocycles. The first-order valence-corrected chi connectivity index (χ1v) is 28.3. The zero-order valence-corrected chi connectivity index (χ0v) is 43.1. The Morgan fingerprint density at radius 3 is 1.45 bits per heavy atom. The van der Waals surface area contributed by atoms with Gasteiger partial charge in [-0.2, -0.15) is 19.9 Å². The molecule has 3 aliphatic heterocycles. The molecule has 22 nitrogen and oxygen atoms in total. The number of aromatic nitrogens is 8. The monoisotopic (exact) mass is 1080 g/mol. The van der Waals surface area contributed by atoms with Crippen LogP contribution in [0.2, 0.25) is 10.3 Å². The predicted molar refractivity (Wildman–Crippen MR) is 250 cm³/mol. The third-order valence-corrected chi connectivity index (χ3v) is 18.2. The highest BCUT2D eigenvalue weighted by molar-refractivity contribution is 9.09. The Morgan fingerprint density at radius 2 is 1.00 bits per heavy atom. The lowest BCUT2D eigenvalue weighted by atomic mass is 10.2. The van der Waals surface area contributed by atoms with Crippen LogP contribution in [0, 0.1) is 0 Å². The highest BCUT2D eigenvalue weighted by Gasteiger charge is 2.44. The molecule has 0 amide bonds. The molecule has 0 unspecified atom stereocenters. The van der Waals surface area contributed by atoms with Gasteiger partial charge in [-0.05, 0) is 80.1 Å². The SMILES string of the molecule is CCOP(=O)(OCC)[C@@H]1CC[C@@H](CBr)O1.CCOP(=O)(OCC)[C@@H]1CC[C@@H](Cn2cnc3c(Cl)nc(N)nc32)O1.CCOP(=O)(OCC)[C@@H]1CC[C@@H](Cn2cnc3nc(N)nc(Cl)c32)O1. The lowest BCUT2D eigenvalue weighted by Gasteiger charge is -2.23. The number of hydrogen-bond acceptors (Lipinski definition) is 20. The third-order valence-electron chi connectivity index (χ3n) is 10.0. The molecule has 366 valence electrons. The van der Waals surface area contributed by atoms with Crippen LogP contribution in [0.25, 0.3) is 22.3 Å². The first-order valence-electron chi connectivity index (χ1n) is 21.6. The second-order valence-corrected chi connectivity index (χ2v) is 22.4. The second-order valence-electron chi connectivity index (χ2n) is 14.5. The highest BCUT2D eigenvalue weighted by Crippen LogP contribution is 2.59. The van der Waals surface area contributed by atoms with Crippen molar-refractivity contribution in [3.05, 3.63) is 23.0 Å². The van der Waals surface area contributed by atoms with Crippen molar-refractivity contribution in [2.45, 2.75) is 129 Å². The van der Waals surface area contributed by atoms with Gasteiger partial charge in [0.2, 0.25) is 11.9 Å². The largest absolute Gasteiger partial charge is 0.368 e. The molecule has 4 aromatic rings. The number of ether oxygens (including phenoxy) is 3. The fourth-order valence-electron chi connectivity index (χ4n) is 7.42. The average molecular weight is 1080 g/mol. The molecular weight excluding hydrogens is 1020 g/mol. The van der Waals surface area contributed by atoms with Gasteiger partial charge in [0.25, 0.3) is 0 Å². The summed E-state index contributed by atoms with van der Waals surface area (Å²) in [5, 5.41) is 1.22. The molecule has 0 radical (unpaired) electrons. The number of alkyl halides is 1. The van der Waals surface area contributed by atoms with Gasteiger partial charge in [0, 0.05) is 5.33 Å². The Hall–Kier alpha value is -1.91. The van der Waals surface area contributed by atoms with Gasteiger partial charge in [0.05, 0.1) is 83.7 Å². The van der Waals surface area contributed by atoms with Crippen molar-refractivity contribution < 1.29 is 55.0 Å². The number of nitrogens with two attached hydrogens (primary N) is 2. The van der Waals surface area contributed by atoms with Crippen molar-refractivity contribution in [1.29, 1.82) is 0 Å². The summed E-state index contributed by atoms with van der Waals surface area (Å²) in [6.07, 6.45) is 7.34. The second kappa shape index (κ2) is 25.1. The molecular formula is C37H60BrCl2N10O12P3. The molecule has 0 aromatic carbocycles. The van der Waals surface area contributed by atoms with E-state index >= 15 is 0 Å². The van der Waals surface area contributed by atoms with E-state index in [1.807, 2.05) is 18.4 Å². The number of fused-ring (bicyclic) bond motifs is 2. The Labute approximate surface area is 396 Å². The van der Waals surface area contributed by atoms with Crippen LogP contribution in [-0.4, -0.2) is 120 Å². The van der Waals surface area contributed by atoms with Crippen LogP contribution >= 0.6 is 61.9 Å². The van der Waals surface area contributed by atoms with Crippen LogP contribution in [0.1, 0.15) is 80.1 Å². The Morgan fingerprint density at radius 1 is 0.600 bits per heavy atom. The maximum atomic E-state index is 12.8. The van der Waals surface area contributed by atoms with Crippen LogP contribution in [0.4, 0.5) is 11.9 Å². The summed E-state index contributed by atoms with van der Waals surface area (Å²) < 4.78 is 91.0. The van der Waals surface area contributed by atoms with Crippen LogP contribution in [0.5, 0.6) is 0 Å². The zero-order valence-electron chi connectivity index (χ0n) is 37.3. The zero-order chi connectivity index (χ0) is 47.4. The van der Waals surface area contributed by atoms with E-state index in [1.165, 1.54) is 0 Å². The molecule has 3 saturated heterocycles. The number of halogens is 3. The van der Waals surface area contributed by atoms with Crippen LogP contribution in [0.3, 0.4) is 0 Å². The minimum atomic E-state index is -3.27. The number of anilines is 2. The predicted octanol–water partition coefficient (Wildman–Crippen LogP) is 8.82. The fraction of sp³-hybridized carbons (Fsp3) is 0.730. The molecule has 6 atom stereocenters. The summed E-state index contributed by atoms with van der Waals surface area (Å²) in [6.45, 7) is 13.7. The summed E-state index contributed by atoms with van der Waals surface area (Å²) in [5.41, 5.74) is 13.3. The summed E-state index contributed by atoms with van der Waals surface area (Å²) in [7, 11) is -9.61. The number of imidazole rings is 2. The van der Waals surface area contributed by atoms with E-state index in [-0.39, 0.29) is 46.4 Å². The molecule has 7 rings (SSSR count). The molecule has 4 N–H and O–H groups in total. The lowest BCUT2D eigenvalue weighted by Crippen LogP contribution is -2.19. The Kier molecular flexibility index (Phi) is 20.9. The quantitative estimate of drug-likeness (QED) is 0.0475. The molecule has 0 aliphatic carbocycles. The van der Waals surface area contributed by atoms with Crippen LogP contribution < -0.4 is 11.5 Å². The van der Waals surface area contributed by atoms with Gasteiger partial charge in [0.1, 0.15) is 11.0 Å². The van der Waals surface area contributed by atoms with E-state index in [1.54, 1.807) is 44.9 Å². The fourth-order valence-corrected chi connectivity index (χ4v) is 14.1. The molecule has 28 heteroatoms. The van der Waals surface area contributed by atoms with Gasteiger partial charge >= 0.3 is 22.8 Å². The molecule has 0 bridgehead atoms. The molecule has 0 saturated carbocycles. The van der Waals surface area contributed by atoms with Crippen molar-refractivity contribution in [3.63, 3.8) is 0 Å². The first kappa shape index (κ1) is 54.0. The number of nitrogen functional groups attached to an aromatic ring is 2. The van der Waals surface area contributed by atoms with Crippen molar-refractivity contribution >= 4 is 96.1 Å². The van der Waals surface area contributed by atoms with E-state index in [9.17, 15) is 13.7 Å². The summed E-state index contributed by atoms with van der Waals surface area (Å²) >= 11 is 15.5. The van der Waals surface area contributed by atoms with Crippen molar-refractivity contribution in [2.75, 3.05) is 56.4 Å². The number of nitrogens with zero attached hydrogens (tertiary/aromatic N) is 8. The molecule has 3 fully saturated rings. The van der Waals surface area contributed by atoms with E-state index in [0.29, 0.717) is 87.9 Å². The van der Waals surface area contributed by atoms with E-state index in [4.69, 9.17) is 76.0 Å². The molecule has 3 aliphatic rings. The summed E-state index contributed by atoms with van der Waals surface area (Å²) in [5.74, 6) is -1.35. The smallest absolute Gasteiger partial charge is 0.359 e. The summed E-state index contributed by atoms with van der Waals surface area (Å²) in [4.78, 5) is 24.5. The Balaban J connectivity index is 0.000000190. The minimum absolute atomic E-state index is 0.0781. The maximum absolute atomic E-state index is 12.8. The van der Waals surface area contributed by atoms with Gasteiger partial charge in [-0.15, -0.1) is 0 Å². The van der Waals surface area contributed by atoms with E-state index in [2.05, 4.69) is 45.8 Å². The topological polar surface area (TPSA) is 274 Å². The van der Waals surface area contributed by atoms with Crippen molar-refractivity contribution in [1.82, 2.24) is 39.0 Å². The molecule has 4 aromatic heterocycles. The standard InChI is InChI=1S/2C14H21ClN5O4P.C9H18BrO4P/c1-3-22-25(21,23-4-2)10-6-5-9(24-10)7-20-8-17-13-11(20)12(15)18-14(16)19-13;1-3-22-25(21,23-4-2)10-6-5-9(24-10)7-20-8-17-11-12(15)18-14(16)19-13(11)20;1-3-12-15(11,13-4-2)9-6-5-8(7-10)14-9/h2*8-10H,3-7H2,1-2H3,(H2,16,18,19);8-9H,3-7H2,1-2H3/t2*9-,10+;8-,9+/m000/s1. The van der Waals surface area contributed by atoms with Crippen LogP contribution in [-0.2, 0) is 68.1 Å². The van der Waals surface area contributed by atoms with Crippen molar-refractivity contribution in [2.24, 2.45) is 0 Å².